The summed E-state index contributed by atoms with van der Waals surface area (Å²) >= 11 is 2.07. The summed E-state index contributed by atoms with van der Waals surface area (Å²) in [6, 6.07) is 0. The van der Waals surface area contributed by atoms with Gasteiger partial charge >= 0.3 is 0 Å². The molecule has 0 radical (unpaired) electrons. The van der Waals surface area contributed by atoms with Gasteiger partial charge in [-0.15, -0.1) is 12.4 Å². The smallest absolute Gasteiger partial charge is 0.181 e. The van der Waals surface area contributed by atoms with Crippen molar-refractivity contribution < 1.29 is 4.42 Å². The highest BCUT2D eigenvalue weighted by molar-refractivity contribution is 14.1. The summed E-state index contributed by atoms with van der Waals surface area (Å²) in [4.78, 5) is 3.74. The van der Waals surface area contributed by atoms with Crippen molar-refractivity contribution in [1.82, 2.24) is 4.98 Å². The van der Waals surface area contributed by atoms with Crippen LogP contribution in [0.3, 0.4) is 0 Å². The van der Waals surface area contributed by atoms with Gasteiger partial charge in [-0.25, -0.2) is 4.98 Å². The van der Waals surface area contributed by atoms with Gasteiger partial charge in [0, 0.05) is 0 Å². The zero-order valence-electron chi connectivity index (χ0n) is 3.30. The molecule has 0 fully saturated rings. The molecule has 0 aromatic carbocycles. The van der Waals surface area contributed by atoms with Crippen LogP contribution in [0.5, 0.6) is 0 Å². The maximum absolute atomic E-state index is 4.60. The Morgan fingerprint density at radius 3 is 2.57 bits per heavy atom. The van der Waals surface area contributed by atoms with Gasteiger partial charge in [0.25, 0.3) is 0 Å². The molecule has 0 aliphatic heterocycles. The van der Waals surface area contributed by atoms with Crippen molar-refractivity contribution in [2.75, 3.05) is 0 Å². The predicted molar refractivity (Wildman–Crippen MR) is 36.5 cm³/mol. The lowest BCUT2D eigenvalue weighted by atomic mass is 11.0. The van der Waals surface area contributed by atoms with Gasteiger partial charge in [-0.1, -0.05) is 0 Å². The molecule has 4 heteroatoms. The summed E-state index contributed by atoms with van der Waals surface area (Å²) in [6.07, 6.45) is 2.99. The van der Waals surface area contributed by atoms with Crippen molar-refractivity contribution in [3.8, 4) is 0 Å². The average Bonchev–Trinajstić information content (AvgIpc) is 1.86. The molecule has 0 amide bonds. The van der Waals surface area contributed by atoms with E-state index in [2.05, 4.69) is 32.0 Å². The molecule has 1 aromatic heterocycles. The number of halogens is 2. The van der Waals surface area contributed by atoms with Gasteiger partial charge in [0.15, 0.2) is 6.39 Å². The third-order valence-electron chi connectivity index (χ3n) is 0.402. The first-order chi connectivity index (χ1) is 2.89. The van der Waals surface area contributed by atoms with E-state index < -0.39 is 0 Å². The second kappa shape index (κ2) is 3.26. The Hall–Kier alpha value is 0.230. The van der Waals surface area contributed by atoms with Crippen molar-refractivity contribution in [1.29, 1.82) is 0 Å². The molecule has 1 aromatic rings. The van der Waals surface area contributed by atoms with Gasteiger partial charge in [0.2, 0.25) is 0 Å². The summed E-state index contributed by atoms with van der Waals surface area (Å²) in [5.41, 5.74) is 0. The Labute approximate surface area is 60.9 Å². The highest BCUT2D eigenvalue weighted by atomic mass is 127. The highest BCUT2D eigenvalue weighted by Crippen LogP contribution is 1.95. The van der Waals surface area contributed by atoms with E-state index in [1.807, 2.05) is 0 Å². The molecule has 0 unspecified atom stereocenters. The van der Waals surface area contributed by atoms with Gasteiger partial charge in [-0.05, 0) is 22.6 Å². The maximum Gasteiger partial charge on any atom is 0.181 e. The van der Waals surface area contributed by atoms with Crippen molar-refractivity contribution >= 4 is 35.0 Å². The summed E-state index contributed by atoms with van der Waals surface area (Å²) in [7, 11) is 0. The molecule has 0 atom stereocenters. The summed E-state index contributed by atoms with van der Waals surface area (Å²) in [6.45, 7) is 0. The van der Waals surface area contributed by atoms with E-state index in [0.29, 0.717) is 0 Å². The minimum atomic E-state index is 0. The van der Waals surface area contributed by atoms with Crippen LogP contribution in [0.1, 0.15) is 0 Å². The van der Waals surface area contributed by atoms with Crippen LogP contribution in [0, 0.1) is 3.70 Å². The van der Waals surface area contributed by atoms with Crippen LogP contribution in [0.4, 0.5) is 0 Å². The monoisotopic (exact) mass is 231 g/mol. The van der Waals surface area contributed by atoms with Crippen LogP contribution in [-0.2, 0) is 0 Å². The molecular weight excluding hydrogens is 228 g/mol. The Bertz CT molecular complexity index is 118. The average molecular weight is 231 g/mol. The molecule has 1 heterocycles. The summed E-state index contributed by atoms with van der Waals surface area (Å²) in [5, 5.41) is 0. The standard InChI is InChI=1S/C3H2INO.ClH/c4-3-1-6-2-5-3;/h1-2H;1H. The summed E-state index contributed by atoms with van der Waals surface area (Å²) in [5.74, 6) is 0. The van der Waals surface area contributed by atoms with Crippen LogP contribution in [0.2, 0.25) is 0 Å². The van der Waals surface area contributed by atoms with E-state index in [4.69, 9.17) is 0 Å². The molecule has 0 saturated carbocycles. The third kappa shape index (κ3) is 2.13. The highest BCUT2D eigenvalue weighted by Gasteiger charge is 1.80. The van der Waals surface area contributed by atoms with Crippen molar-refractivity contribution in [3.63, 3.8) is 0 Å². The van der Waals surface area contributed by atoms with Crippen LogP contribution >= 0.6 is 35.0 Å². The predicted octanol–water partition coefficient (Wildman–Crippen LogP) is 1.70. The molecule has 7 heavy (non-hydrogen) atoms. The van der Waals surface area contributed by atoms with Gasteiger partial charge in [-0.2, -0.15) is 0 Å². The van der Waals surface area contributed by atoms with Crippen LogP contribution in [-0.4, -0.2) is 4.98 Å². The normalized spacial score (nSPS) is 7.57. The van der Waals surface area contributed by atoms with E-state index in [1.165, 1.54) is 6.39 Å². The molecule has 40 valence electrons. The number of hydrogen-bond donors (Lipinski definition) is 0. The Kier molecular flexibility index (Phi) is 3.37. The molecule has 0 spiro atoms. The molecule has 0 aliphatic carbocycles. The van der Waals surface area contributed by atoms with Gasteiger partial charge in [0.05, 0.1) is 0 Å². The molecule has 0 bridgehead atoms. The first kappa shape index (κ1) is 7.23. The lowest BCUT2D eigenvalue weighted by Crippen LogP contribution is -1.57. The Morgan fingerprint density at radius 2 is 2.43 bits per heavy atom. The SMILES string of the molecule is Cl.Ic1cocn1. The maximum atomic E-state index is 4.60. The van der Waals surface area contributed by atoms with Crippen LogP contribution in [0.25, 0.3) is 0 Å². The molecule has 2 nitrogen and oxygen atoms in total. The number of nitrogens with zero attached hydrogens (tertiary/aromatic N) is 1. The lowest BCUT2D eigenvalue weighted by Gasteiger charge is -1.58. The summed E-state index contributed by atoms with van der Waals surface area (Å²) < 4.78 is 5.49. The van der Waals surface area contributed by atoms with Crippen molar-refractivity contribution in [2.24, 2.45) is 0 Å². The Balaban J connectivity index is 0.000000360. The fourth-order valence-electron chi connectivity index (χ4n) is 0.198. The van der Waals surface area contributed by atoms with Crippen LogP contribution in [0.15, 0.2) is 17.1 Å². The fraction of sp³-hybridized carbons (Fsp3) is 0. The molecule has 0 N–H and O–H groups in total. The van der Waals surface area contributed by atoms with Gasteiger partial charge < -0.3 is 4.42 Å². The fourth-order valence-corrected chi connectivity index (χ4v) is 0.458. The first-order valence-corrected chi connectivity index (χ1v) is 2.51. The van der Waals surface area contributed by atoms with E-state index in [0.717, 1.165) is 3.70 Å². The van der Waals surface area contributed by atoms with Crippen molar-refractivity contribution in [3.05, 3.63) is 16.4 Å². The molecule has 0 aliphatic rings. The van der Waals surface area contributed by atoms with E-state index in [9.17, 15) is 0 Å². The number of aromatic nitrogens is 1. The van der Waals surface area contributed by atoms with Gasteiger partial charge in [0.1, 0.15) is 9.96 Å². The van der Waals surface area contributed by atoms with E-state index in [1.54, 1.807) is 6.26 Å². The molecular formula is C3H3ClINO. The minimum Gasteiger partial charge on any atom is -0.451 e. The number of oxazole rings is 1. The number of rotatable bonds is 0. The van der Waals surface area contributed by atoms with E-state index >= 15 is 0 Å². The lowest BCUT2D eigenvalue weighted by molar-refractivity contribution is 0.557. The van der Waals surface area contributed by atoms with Gasteiger partial charge in [-0.3, -0.25) is 0 Å². The second-order valence-corrected chi connectivity index (χ2v) is 1.92. The first-order valence-electron chi connectivity index (χ1n) is 1.43. The number of hydrogen-bond acceptors (Lipinski definition) is 2. The van der Waals surface area contributed by atoms with E-state index in [-0.39, 0.29) is 12.4 Å². The van der Waals surface area contributed by atoms with Crippen molar-refractivity contribution in [2.45, 2.75) is 0 Å². The quantitative estimate of drug-likeness (QED) is 0.635. The second-order valence-electron chi connectivity index (χ2n) is 0.811. The largest absolute Gasteiger partial charge is 0.451 e. The minimum absolute atomic E-state index is 0. The zero-order chi connectivity index (χ0) is 4.41. The zero-order valence-corrected chi connectivity index (χ0v) is 6.27. The molecule has 1 rings (SSSR count). The topological polar surface area (TPSA) is 26.0 Å². The third-order valence-corrected chi connectivity index (χ3v) is 0.935. The Morgan fingerprint density at radius 1 is 1.71 bits per heavy atom. The van der Waals surface area contributed by atoms with Crippen LogP contribution < -0.4 is 0 Å². The molecule has 0 saturated heterocycles.